The molecule has 0 saturated carbocycles. The van der Waals surface area contributed by atoms with Gasteiger partial charge < -0.3 is 10.5 Å². The summed E-state index contributed by atoms with van der Waals surface area (Å²) in [4.78, 5) is 11.5. The van der Waals surface area contributed by atoms with E-state index in [1.54, 1.807) is 6.92 Å². The van der Waals surface area contributed by atoms with Gasteiger partial charge in [0.2, 0.25) is 5.91 Å². The number of nitrogens with one attached hydrogen (secondary N) is 1. The van der Waals surface area contributed by atoms with Crippen molar-refractivity contribution in [1.82, 2.24) is 5.32 Å². The summed E-state index contributed by atoms with van der Waals surface area (Å²) in [5.74, 6) is 0.361. The van der Waals surface area contributed by atoms with Crippen LogP contribution in [0.4, 0.5) is 0 Å². The van der Waals surface area contributed by atoms with Crippen molar-refractivity contribution in [1.29, 1.82) is 0 Å². The van der Waals surface area contributed by atoms with E-state index < -0.39 is 11.4 Å². The molecule has 0 aliphatic rings. The highest BCUT2D eigenvalue weighted by Gasteiger charge is 2.32. The third-order valence-electron chi connectivity index (χ3n) is 2.76. The van der Waals surface area contributed by atoms with Crippen LogP contribution in [-0.4, -0.2) is 24.1 Å². The smallest absolute Gasteiger partial charge is 0.240 e. The molecule has 0 fully saturated rings. The number of ether oxygens (including phenoxy) is 1. The van der Waals surface area contributed by atoms with Crippen LogP contribution in [-0.2, 0) is 4.79 Å². The maximum Gasteiger partial charge on any atom is 0.240 e. The number of benzene rings is 1. The van der Waals surface area contributed by atoms with Gasteiger partial charge in [-0.25, -0.2) is 0 Å². The standard InChI is InChI=1S/C14H22N2O2/c1-10(2)16-14(4,13(15)17)9-18-12-8-6-5-7-11(12)3/h5-8,10,16H,9H2,1-4H3,(H2,15,17). The number of carbonyl (C=O) groups excluding carboxylic acids is 1. The Morgan fingerprint density at radius 3 is 2.56 bits per heavy atom. The molecule has 3 N–H and O–H groups in total. The molecule has 1 aromatic rings. The van der Waals surface area contributed by atoms with Gasteiger partial charge in [-0.05, 0) is 39.3 Å². The van der Waals surface area contributed by atoms with Gasteiger partial charge in [-0.1, -0.05) is 18.2 Å². The molecule has 1 amide bonds. The van der Waals surface area contributed by atoms with Gasteiger partial charge in [0.1, 0.15) is 17.9 Å². The summed E-state index contributed by atoms with van der Waals surface area (Å²) in [5.41, 5.74) is 5.61. The molecule has 4 nitrogen and oxygen atoms in total. The second kappa shape index (κ2) is 5.87. The van der Waals surface area contributed by atoms with Crippen LogP contribution < -0.4 is 15.8 Å². The first-order valence-electron chi connectivity index (χ1n) is 6.11. The lowest BCUT2D eigenvalue weighted by Crippen LogP contribution is -2.59. The third-order valence-corrected chi connectivity index (χ3v) is 2.76. The molecule has 0 saturated heterocycles. The van der Waals surface area contributed by atoms with Crippen LogP contribution in [0.5, 0.6) is 5.75 Å². The lowest BCUT2D eigenvalue weighted by atomic mass is 10.0. The molecule has 0 heterocycles. The van der Waals surface area contributed by atoms with E-state index >= 15 is 0 Å². The predicted molar refractivity (Wildman–Crippen MR) is 72.5 cm³/mol. The van der Waals surface area contributed by atoms with E-state index in [1.807, 2.05) is 45.0 Å². The zero-order chi connectivity index (χ0) is 13.8. The zero-order valence-corrected chi connectivity index (χ0v) is 11.5. The van der Waals surface area contributed by atoms with Gasteiger partial charge in [0.05, 0.1) is 0 Å². The van der Waals surface area contributed by atoms with Crippen LogP contribution in [0.1, 0.15) is 26.3 Å². The number of rotatable bonds is 6. The fourth-order valence-electron chi connectivity index (χ4n) is 1.76. The lowest BCUT2D eigenvalue weighted by molar-refractivity contribution is -0.125. The maximum absolute atomic E-state index is 11.5. The Hall–Kier alpha value is -1.55. The van der Waals surface area contributed by atoms with Crippen molar-refractivity contribution in [2.45, 2.75) is 39.3 Å². The van der Waals surface area contributed by atoms with Gasteiger partial charge in [0.15, 0.2) is 0 Å². The number of aryl methyl sites for hydroxylation is 1. The monoisotopic (exact) mass is 250 g/mol. The molecule has 18 heavy (non-hydrogen) atoms. The normalized spacial score (nSPS) is 14.3. The summed E-state index contributed by atoms with van der Waals surface area (Å²) in [5, 5.41) is 3.15. The van der Waals surface area contributed by atoms with E-state index in [0.717, 1.165) is 11.3 Å². The average molecular weight is 250 g/mol. The third kappa shape index (κ3) is 3.74. The van der Waals surface area contributed by atoms with Crippen LogP contribution >= 0.6 is 0 Å². The summed E-state index contributed by atoms with van der Waals surface area (Å²) >= 11 is 0. The molecule has 1 unspecified atom stereocenters. The zero-order valence-electron chi connectivity index (χ0n) is 11.5. The van der Waals surface area contributed by atoms with Crippen molar-refractivity contribution < 1.29 is 9.53 Å². The first kappa shape index (κ1) is 14.5. The van der Waals surface area contributed by atoms with Crippen molar-refractivity contribution in [2.75, 3.05) is 6.61 Å². The highest BCUT2D eigenvalue weighted by atomic mass is 16.5. The van der Waals surface area contributed by atoms with E-state index in [0.29, 0.717) is 0 Å². The molecule has 1 aromatic carbocycles. The maximum atomic E-state index is 11.5. The van der Waals surface area contributed by atoms with Gasteiger partial charge >= 0.3 is 0 Å². The molecule has 0 spiro atoms. The van der Waals surface area contributed by atoms with Crippen molar-refractivity contribution >= 4 is 5.91 Å². The highest BCUT2D eigenvalue weighted by Crippen LogP contribution is 2.18. The number of amides is 1. The average Bonchev–Trinajstić information content (AvgIpc) is 2.27. The molecule has 4 heteroatoms. The molecule has 0 aromatic heterocycles. The fourth-order valence-corrected chi connectivity index (χ4v) is 1.76. The number of carbonyl (C=O) groups is 1. The Kier molecular flexibility index (Phi) is 4.73. The molecule has 0 radical (unpaired) electrons. The van der Waals surface area contributed by atoms with Crippen molar-refractivity contribution in [3.05, 3.63) is 29.8 Å². The highest BCUT2D eigenvalue weighted by molar-refractivity contribution is 5.84. The van der Waals surface area contributed by atoms with Crippen LogP contribution in [0, 0.1) is 6.92 Å². The quantitative estimate of drug-likeness (QED) is 0.806. The van der Waals surface area contributed by atoms with Crippen molar-refractivity contribution in [3.63, 3.8) is 0 Å². The van der Waals surface area contributed by atoms with Gasteiger partial charge in [-0.2, -0.15) is 0 Å². The minimum Gasteiger partial charge on any atom is -0.491 e. The SMILES string of the molecule is Cc1ccccc1OCC(C)(NC(C)C)C(N)=O. The molecular weight excluding hydrogens is 228 g/mol. The van der Waals surface area contributed by atoms with Crippen LogP contribution in [0.3, 0.4) is 0 Å². The number of hydrogen-bond acceptors (Lipinski definition) is 3. The van der Waals surface area contributed by atoms with Crippen molar-refractivity contribution in [3.8, 4) is 5.75 Å². The molecule has 0 aliphatic heterocycles. The summed E-state index contributed by atoms with van der Waals surface area (Å²) in [6.45, 7) is 7.87. The topological polar surface area (TPSA) is 64.3 Å². The van der Waals surface area contributed by atoms with E-state index in [4.69, 9.17) is 10.5 Å². The van der Waals surface area contributed by atoms with Crippen molar-refractivity contribution in [2.24, 2.45) is 5.73 Å². The lowest BCUT2D eigenvalue weighted by Gasteiger charge is -2.29. The fraction of sp³-hybridized carbons (Fsp3) is 0.500. The second-order valence-electron chi connectivity index (χ2n) is 5.05. The molecule has 1 atom stereocenters. The Labute approximate surface area is 109 Å². The number of primary amides is 1. The molecule has 0 bridgehead atoms. The predicted octanol–water partition coefficient (Wildman–Crippen LogP) is 1.62. The number of para-hydroxylation sites is 1. The largest absolute Gasteiger partial charge is 0.491 e. The molecular formula is C14H22N2O2. The minimum absolute atomic E-state index is 0.156. The summed E-state index contributed by atoms with van der Waals surface area (Å²) in [6, 6.07) is 7.85. The molecule has 1 rings (SSSR count). The minimum atomic E-state index is -0.865. The van der Waals surface area contributed by atoms with Gasteiger partial charge in [0.25, 0.3) is 0 Å². The summed E-state index contributed by atoms with van der Waals surface area (Å²) in [6.07, 6.45) is 0. The number of nitrogens with two attached hydrogens (primary N) is 1. The second-order valence-corrected chi connectivity index (χ2v) is 5.05. The summed E-state index contributed by atoms with van der Waals surface area (Å²) in [7, 11) is 0. The van der Waals surface area contributed by atoms with Crippen LogP contribution in [0.2, 0.25) is 0 Å². The summed E-state index contributed by atoms with van der Waals surface area (Å²) < 4.78 is 5.70. The van der Waals surface area contributed by atoms with E-state index in [2.05, 4.69) is 5.32 Å². The molecule has 0 aliphatic carbocycles. The molecule has 100 valence electrons. The Morgan fingerprint density at radius 2 is 2.06 bits per heavy atom. The van der Waals surface area contributed by atoms with E-state index in [1.165, 1.54) is 0 Å². The Balaban J connectivity index is 2.75. The van der Waals surface area contributed by atoms with Gasteiger partial charge in [-0.15, -0.1) is 0 Å². The first-order chi connectivity index (χ1) is 8.35. The Bertz CT molecular complexity index is 418. The van der Waals surface area contributed by atoms with Gasteiger partial charge in [-0.3, -0.25) is 10.1 Å². The van der Waals surface area contributed by atoms with Crippen LogP contribution in [0.15, 0.2) is 24.3 Å². The van der Waals surface area contributed by atoms with E-state index in [9.17, 15) is 4.79 Å². The Morgan fingerprint density at radius 1 is 1.44 bits per heavy atom. The first-order valence-corrected chi connectivity index (χ1v) is 6.11. The number of hydrogen-bond donors (Lipinski definition) is 2. The van der Waals surface area contributed by atoms with E-state index in [-0.39, 0.29) is 12.6 Å². The van der Waals surface area contributed by atoms with Gasteiger partial charge in [0, 0.05) is 6.04 Å². The van der Waals surface area contributed by atoms with Crippen LogP contribution in [0.25, 0.3) is 0 Å².